The van der Waals surface area contributed by atoms with Gasteiger partial charge in [-0.25, -0.2) is 0 Å². The predicted octanol–water partition coefficient (Wildman–Crippen LogP) is 4.75. The Morgan fingerprint density at radius 1 is 0.941 bits per heavy atom. The van der Waals surface area contributed by atoms with Crippen molar-refractivity contribution in [1.82, 2.24) is 5.43 Å². The fraction of sp³-hybridized carbons (Fsp3) is 0.933. The summed E-state index contributed by atoms with van der Waals surface area (Å²) < 4.78 is 0. The van der Waals surface area contributed by atoms with E-state index < -0.39 is 0 Å². The molecule has 0 bridgehead atoms. The Morgan fingerprint density at radius 3 is 2.18 bits per heavy atom. The van der Waals surface area contributed by atoms with Crippen molar-refractivity contribution >= 4 is 6.21 Å². The summed E-state index contributed by atoms with van der Waals surface area (Å²) in [7, 11) is 0. The number of hydrogen-bond acceptors (Lipinski definition) is 2. The molecular formula is C15H32N2. The molecule has 0 radical (unpaired) electrons. The van der Waals surface area contributed by atoms with E-state index in [2.05, 4.69) is 44.4 Å². The standard InChI is InChI=1S/C15H32N2/c1-5-8-11-14(4)13-16-17-15(10-7-3)12-9-6-2/h13-15,17H,5-12H2,1-4H3/b16-13+. The molecule has 0 saturated carbocycles. The van der Waals surface area contributed by atoms with Crippen molar-refractivity contribution in [1.29, 1.82) is 0 Å². The third kappa shape index (κ3) is 10.3. The molecule has 102 valence electrons. The van der Waals surface area contributed by atoms with Crippen LogP contribution in [0.5, 0.6) is 0 Å². The van der Waals surface area contributed by atoms with E-state index in [9.17, 15) is 0 Å². The van der Waals surface area contributed by atoms with Crippen molar-refractivity contribution in [2.24, 2.45) is 11.0 Å². The molecule has 0 aromatic heterocycles. The highest BCUT2D eigenvalue weighted by molar-refractivity contribution is 5.59. The molecule has 0 fully saturated rings. The van der Waals surface area contributed by atoms with Crippen molar-refractivity contribution in [3.05, 3.63) is 0 Å². The van der Waals surface area contributed by atoms with Gasteiger partial charge in [0, 0.05) is 12.3 Å². The van der Waals surface area contributed by atoms with Gasteiger partial charge in [0.15, 0.2) is 0 Å². The number of nitrogens with one attached hydrogen (secondary N) is 1. The van der Waals surface area contributed by atoms with Gasteiger partial charge >= 0.3 is 0 Å². The van der Waals surface area contributed by atoms with Crippen LogP contribution in [-0.2, 0) is 0 Å². The summed E-state index contributed by atoms with van der Waals surface area (Å²) in [6, 6.07) is 0.578. The fourth-order valence-corrected chi connectivity index (χ4v) is 1.95. The minimum Gasteiger partial charge on any atom is -0.307 e. The molecular weight excluding hydrogens is 208 g/mol. The van der Waals surface area contributed by atoms with E-state index in [0.717, 1.165) is 0 Å². The lowest BCUT2D eigenvalue weighted by Crippen LogP contribution is -2.24. The van der Waals surface area contributed by atoms with Crippen LogP contribution in [-0.4, -0.2) is 12.3 Å². The van der Waals surface area contributed by atoms with E-state index >= 15 is 0 Å². The Hall–Kier alpha value is -0.530. The quantitative estimate of drug-likeness (QED) is 0.409. The third-order valence-electron chi connectivity index (χ3n) is 3.14. The van der Waals surface area contributed by atoms with E-state index in [1.54, 1.807) is 0 Å². The molecule has 0 aliphatic carbocycles. The zero-order valence-corrected chi connectivity index (χ0v) is 12.3. The summed E-state index contributed by atoms with van der Waals surface area (Å²) in [6.07, 6.45) is 12.2. The molecule has 2 atom stereocenters. The lowest BCUT2D eigenvalue weighted by molar-refractivity contribution is 0.446. The molecule has 0 aliphatic heterocycles. The summed E-state index contributed by atoms with van der Waals surface area (Å²) in [5.74, 6) is 0.607. The molecule has 0 rings (SSSR count). The minimum absolute atomic E-state index is 0.578. The monoisotopic (exact) mass is 240 g/mol. The van der Waals surface area contributed by atoms with Gasteiger partial charge in [0.1, 0.15) is 0 Å². The first-order valence-electron chi connectivity index (χ1n) is 7.53. The Labute approximate surface area is 108 Å². The lowest BCUT2D eigenvalue weighted by Gasteiger charge is -2.15. The van der Waals surface area contributed by atoms with Gasteiger partial charge in [0.25, 0.3) is 0 Å². The van der Waals surface area contributed by atoms with Crippen LogP contribution < -0.4 is 5.43 Å². The third-order valence-corrected chi connectivity index (χ3v) is 3.14. The first-order valence-corrected chi connectivity index (χ1v) is 7.53. The zero-order chi connectivity index (χ0) is 12.9. The molecule has 0 aliphatic rings. The topological polar surface area (TPSA) is 24.4 Å². The SMILES string of the molecule is CCCCC(C)/C=N/NC(CCC)CCCC. The van der Waals surface area contributed by atoms with Gasteiger partial charge in [-0.1, -0.05) is 59.8 Å². The fourth-order valence-electron chi connectivity index (χ4n) is 1.95. The van der Waals surface area contributed by atoms with Gasteiger partial charge < -0.3 is 5.43 Å². The highest BCUT2D eigenvalue weighted by Crippen LogP contribution is 2.07. The smallest absolute Gasteiger partial charge is 0.0440 e. The van der Waals surface area contributed by atoms with Gasteiger partial charge in [0.05, 0.1) is 0 Å². The number of hydrogen-bond donors (Lipinski definition) is 1. The molecule has 1 N–H and O–H groups in total. The second-order valence-electron chi connectivity index (χ2n) is 5.15. The number of hydrazone groups is 1. The van der Waals surface area contributed by atoms with Crippen LogP contribution in [0.1, 0.15) is 79.1 Å². The first-order chi connectivity index (χ1) is 8.24. The maximum atomic E-state index is 4.42. The predicted molar refractivity (Wildman–Crippen MR) is 78.5 cm³/mol. The second kappa shape index (κ2) is 11.9. The van der Waals surface area contributed by atoms with Crippen LogP contribution in [0.25, 0.3) is 0 Å². The largest absolute Gasteiger partial charge is 0.307 e. The maximum Gasteiger partial charge on any atom is 0.0440 e. The molecule has 2 heteroatoms. The Kier molecular flexibility index (Phi) is 11.6. The molecule has 2 nitrogen and oxygen atoms in total. The van der Waals surface area contributed by atoms with E-state index in [-0.39, 0.29) is 0 Å². The molecule has 0 amide bonds. The van der Waals surface area contributed by atoms with Gasteiger partial charge in [-0.15, -0.1) is 0 Å². The number of unbranched alkanes of at least 4 members (excludes halogenated alkanes) is 2. The van der Waals surface area contributed by atoms with Crippen LogP contribution in [0.3, 0.4) is 0 Å². The highest BCUT2D eigenvalue weighted by atomic mass is 15.3. The van der Waals surface area contributed by atoms with Crippen LogP contribution in [0.15, 0.2) is 5.10 Å². The molecule has 0 saturated heterocycles. The van der Waals surface area contributed by atoms with Crippen molar-refractivity contribution in [2.75, 3.05) is 0 Å². The van der Waals surface area contributed by atoms with Gasteiger partial charge in [0.2, 0.25) is 0 Å². The van der Waals surface area contributed by atoms with Crippen LogP contribution in [0.2, 0.25) is 0 Å². The van der Waals surface area contributed by atoms with E-state index in [0.29, 0.717) is 12.0 Å². The normalized spacial score (nSPS) is 15.1. The molecule has 0 aromatic carbocycles. The van der Waals surface area contributed by atoms with E-state index in [1.165, 1.54) is 51.4 Å². The van der Waals surface area contributed by atoms with Crippen LogP contribution >= 0.6 is 0 Å². The molecule has 0 aromatic rings. The molecule has 17 heavy (non-hydrogen) atoms. The number of nitrogens with zero attached hydrogens (tertiary/aromatic N) is 1. The van der Waals surface area contributed by atoms with Crippen LogP contribution in [0, 0.1) is 5.92 Å². The van der Waals surface area contributed by atoms with Crippen LogP contribution in [0.4, 0.5) is 0 Å². The van der Waals surface area contributed by atoms with Crippen molar-refractivity contribution in [3.63, 3.8) is 0 Å². The van der Waals surface area contributed by atoms with Gasteiger partial charge in [-0.05, 0) is 25.2 Å². The van der Waals surface area contributed by atoms with Gasteiger partial charge in [-0.2, -0.15) is 5.10 Å². The maximum absolute atomic E-state index is 4.42. The Bertz CT molecular complexity index is 178. The van der Waals surface area contributed by atoms with Gasteiger partial charge in [-0.3, -0.25) is 0 Å². The summed E-state index contributed by atoms with van der Waals surface area (Å²) in [5.41, 5.74) is 3.33. The van der Waals surface area contributed by atoms with E-state index in [1.807, 2.05) is 0 Å². The summed E-state index contributed by atoms with van der Waals surface area (Å²) in [5, 5.41) is 4.42. The van der Waals surface area contributed by atoms with Crippen molar-refractivity contribution < 1.29 is 0 Å². The molecule has 0 heterocycles. The lowest BCUT2D eigenvalue weighted by atomic mass is 10.1. The highest BCUT2D eigenvalue weighted by Gasteiger charge is 2.04. The summed E-state index contributed by atoms with van der Waals surface area (Å²) in [6.45, 7) is 8.99. The average Bonchev–Trinajstić information content (AvgIpc) is 2.33. The zero-order valence-electron chi connectivity index (χ0n) is 12.3. The minimum atomic E-state index is 0.578. The summed E-state index contributed by atoms with van der Waals surface area (Å²) in [4.78, 5) is 0. The second-order valence-corrected chi connectivity index (χ2v) is 5.15. The molecule has 2 unspecified atom stereocenters. The molecule has 0 spiro atoms. The first kappa shape index (κ1) is 16.5. The van der Waals surface area contributed by atoms with E-state index in [4.69, 9.17) is 0 Å². The summed E-state index contributed by atoms with van der Waals surface area (Å²) >= 11 is 0. The Morgan fingerprint density at radius 2 is 1.59 bits per heavy atom. The van der Waals surface area contributed by atoms with Crippen molar-refractivity contribution in [3.8, 4) is 0 Å². The average molecular weight is 240 g/mol. The van der Waals surface area contributed by atoms with Crippen molar-refractivity contribution in [2.45, 2.75) is 85.1 Å². The number of rotatable bonds is 11. The Balaban J connectivity index is 3.80.